The molecule has 0 fully saturated rings. The first-order valence-corrected chi connectivity index (χ1v) is 11.6. The summed E-state index contributed by atoms with van der Waals surface area (Å²) in [5.74, 6) is 0. The fraction of sp³-hybridized carbons (Fsp3) is 0. The Balaban J connectivity index is 1.54. The number of aromatic amines is 1. The summed E-state index contributed by atoms with van der Waals surface area (Å²) in [5.41, 5.74) is 6.43. The maximum absolute atomic E-state index is 6.50. The molecule has 0 saturated heterocycles. The van der Waals surface area contributed by atoms with Crippen LogP contribution in [0.4, 0.5) is 0 Å². The summed E-state index contributed by atoms with van der Waals surface area (Å²) in [5, 5.41) is 9.90. The molecule has 0 aliphatic carbocycles. The predicted octanol–water partition coefficient (Wildman–Crippen LogP) is 9.19. The smallest absolute Gasteiger partial charge is 0.143 e. The average molecular weight is 434 g/mol. The SMILES string of the molecule is c1ccc(-c2cccc3c2oc2cc4[nH]c5c6ccccc6c6ccccc6c5c4cc23)cc1. The zero-order chi connectivity index (χ0) is 22.2. The minimum atomic E-state index is 0.908. The molecule has 6 aromatic carbocycles. The van der Waals surface area contributed by atoms with Gasteiger partial charge in [-0.05, 0) is 27.8 Å². The van der Waals surface area contributed by atoms with Gasteiger partial charge < -0.3 is 9.40 Å². The molecular formula is C32H19NO. The van der Waals surface area contributed by atoms with E-state index in [1.54, 1.807) is 0 Å². The Bertz CT molecular complexity index is 2060. The van der Waals surface area contributed by atoms with Crippen molar-refractivity contribution in [3.05, 3.63) is 109 Å². The molecule has 2 heterocycles. The molecule has 2 aromatic heterocycles. The number of benzene rings is 6. The van der Waals surface area contributed by atoms with E-state index in [9.17, 15) is 0 Å². The largest absolute Gasteiger partial charge is 0.455 e. The number of rotatable bonds is 1. The Morgan fingerprint density at radius 3 is 2.00 bits per heavy atom. The zero-order valence-electron chi connectivity index (χ0n) is 18.3. The van der Waals surface area contributed by atoms with E-state index in [1.165, 1.54) is 43.4 Å². The van der Waals surface area contributed by atoms with Gasteiger partial charge in [-0.15, -0.1) is 0 Å². The third-order valence-corrected chi connectivity index (χ3v) is 7.18. The van der Waals surface area contributed by atoms with Crippen LogP contribution in [-0.4, -0.2) is 4.98 Å². The Hall–Kier alpha value is -4.56. The third kappa shape index (κ3) is 2.29. The van der Waals surface area contributed by atoms with Crippen LogP contribution in [0.1, 0.15) is 0 Å². The summed E-state index contributed by atoms with van der Waals surface area (Å²) in [6, 6.07) is 38.8. The highest BCUT2D eigenvalue weighted by molar-refractivity contribution is 6.32. The van der Waals surface area contributed by atoms with Crippen LogP contribution in [0, 0.1) is 0 Å². The summed E-state index contributed by atoms with van der Waals surface area (Å²) in [4.78, 5) is 3.74. The average Bonchev–Trinajstić information content (AvgIpc) is 3.46. The van der Waals surface area contributed by atoms with Crippen molar-refractivity contribution >= 4 is 65.3 Å². The van der Waals surface area contributed by atoms with E-state index >= 15 is 0 Å². The van der Waals surface area contributed by atoms with E-state index < -0.39 is 0 Å². The van der Waals surface area contributed by atoms with Crippen molar-refractivity contribution in [1.82, 2.24) is 4.98 Å². The third-order valence-electron chi connectivity index (χ3n) is 7.18. The van der Waals surface area contributed by atoms with Crippen LogP contribution >= 0.6 is 0 Å². The first-order chi connectivity index (χ1) is 16.9. The van der Waals surface area contributed by atoms with Gasteiger partial charge in [-0.1, -0.05) is 97.1 Å². The van der Waals surface area contributed by atoms with Gasteiger partial charge in [0.1, 0.15) is 11.2 Å². The second kappa shape index (κ2) is 6.49. The van der Waals surface area contributed by atoms with E-state index in [1.807, 2.05) is 6.07 Å². The molecule has 0 atom stereocenters. The van der Waals surface area contributed by atoms with Gasteiger partial charge in [0.05, 0.1) is 11.0 Å². The van der Waals surface area contributed by atoms with E-state index in [0.29, 0.717) is 0 Å². The predicted molar refractivity (Wildman–Crippen MR) is 144 cm³/mol. The van der Waals surface area contributed by atoms with Gasteiger partial charge in [0.15, 0.2) is 0 Å². The van der Waals surface area contributed by atoms with Crippen LogP contribution in [0.3, 0.4) is 0 Å². The minimum absolute atomic E-state index is 0.908. The normalized spacial score (nSPS) is 12.1. The molecule has 0 spiro atoms. The van der Waals surface area contributed by atoms with Crippen molar-refractivity contribution in [2.45, 2.75) is 0 Å². The maximum atomic E-state index is 6.50. The van der Waals surface area contributed by atoms with Gasteiger partial charge in [-0.3, -0.25) is 0 Å². The van der Waals surface area contributed by atoms with Crippen molar-refractivity contribution < 1.29 is 4.42 Å². The first-order valence-electron chi connectivity index (χ1n) is 11.6. The Labute approximate surface area is 195 Å². The highest BCUT2D eigenvalue weighted by Crippen LogP contribution is 2.42. The second-order valence-corrected chi connectivity index (χ2v) is 9.01. The van der Waals surface area contributed by atoms with Crippen LogP contribution in [0.2, 0.25) is 0 Å². The number of H-pyrrole nitrogens is 1. The van der Waals surface area contributed by atoms with Crippen LogP contribution in [0.15, 0.2) is 114 Å². The van der Waals surface area contributed by atoms with Gasteiger partial charge in [-0.25, -0.2) is 0 Å². The quantitative estimate of drug-likeness (QED) is 0.257. The van der Waals surface area contributed by atoms with Crippen LogP contribution in [-0.2, 0) is 0 Å². The number of furan rings is 1. The number of hydrogen-bond acceptors (Lipinski definition) is 1. The summed E-state index contributed by atoms with van der Waals surface area (Å²) in [6.45, 7) is 0. The Morgan fingerprint density at radius 2 is 1.18 bits per heavy atom. The van der Waals surface area contributed by atoms with Crippen molar-refractivity contribution in [2.24, 2.45) is 0 Å². The Kier molecular flexibility index (Phi) is 3.42. The monoisotopic (exact) mass is 433 g/mol. The zero-order valence-corrected chi connectivity index (χ0v) is 18.3. The summed E-state index contributed by atoms with van der Waals surface area (Å²) in [6.07, 6.45) is 0. The minimum Gasteiger partial charge on any atom is -0.455 e. The van der Waals surface area contributed by atoms with E-state index in [2.05, 4.69) is 108 Å². The number of hydrogen-bond donors (Lipinski definition) is 1. The lowest BCUT2D eigenvalue weighted by Crippen LogP contribution is -1.80. The second-order valence-electron chi connectivity index (χ2n) is 9.01. The molecular weight excluding hydrogens is 414 g/mol. The summed E-state index contributed by atoms with van der Waals surface area (Å²) >= 11 is 0. The van der Waals surface area contributed by atoms with Crippen molar-refractivity contribution in [1.29, 1.82) is 0 Å². The number of fused-ring (bicyclic) bond motifs is 11. The number of nitrogens with one attached hydrogen (secondary N) is 1. The number of aromatic nitrogens is 1. The highest BCUT2D eigenvalue weighted by Gasteiger charge is 2.17. The van der Waals surface area contributed by atoms with Gasteiger partial charge in [0, 0.05) is 38.6 Å². The molecule has 2 nitrogen and oxygen atoms in total. The van der Waals surface area contributed by atoms with Gasteiger partial charge >= 0.3 is 0 Å². The molecule has 0 amide bonds. The molecule has 0 radical (unpaired) electrons. The molecule has 1 N–H and O–H groups in total. The topological polar surface area (TPSA) is 28.9 Å². The lowest BCUT2D eigenvalue weighted by Gasteiger charge is -2.07. The first kappa shape index (κ1) is 17.9. The molecule has 34 heavy (non-hydrogen) atoms. The summed E-state index contributed by atoms with van der Waals surface area (Å²) < 4.78 is 6.50. The molecule has 2 heteroatoms. The van der Waals surface area contributed by atoms with Crippen molar-refractivity contribution in [3.8, 4) is 11.1 Å². The van der Waals surface area contributed by atoms with Crippen LogP contribution < -0.4 is 0 Å². The molecule has 8 aromatic rings. The highest BCUT2D eigenvalue weighted by atomic mass is 16.3. The molecule has 0 saturated carbocycles. The standard InChI is InChI=1S/C32H19NO/c1-2-9-19(10-3-1)20-15-8-16-25-26-17-27-28(18-29(26)34-32(20)25)33-31-24-14-7-5-12-22(24)21-11-4-6-13-23(21)30(27)31/h1-18,33H. The molecule has 8 rings (SSSR count). The van der Waals surface area contributed by atoms with Crippen molar-refractivity contribution in [2.75, 3.05) is 0 Å². The number of para-hydroxylation sites is 1. The van der Waals surface area contributed by atoms with Gasteiger partial charge in [-0.2, -0.15) is 0 Å². The molecule has 0 unspecified atom stereocenters. The molecule has 0 aliphatic heterocycles. The van der Waals surface area contributed by atoms with Gasteiger partial charge in [0.25, 0.3) is 0 Å². The van der Waals surface area contributed by atoms with Crippen molar-refractivity contribution in [3.63, 3.8) is 0 Å². The van der Waals surface area contributed by atoms with E-state index in [0.717, 1.165) is 33.0 Å². The van der Waals surface area contributed by atoms with E-state index in [-0.39, 0.29) is 0 Å². The molecule has 158 valence electrons. The fourth-order valence-electron chi connectivity index (χ4n) is 5.68. The van der Waals surface area contributed by atoms with Crippen LogP contribution in [0.25, 0.3) is 76.4 Å². The van der Waals surface area contributed by atoms with Gasteiger partial charge in [0.2, 0.25) is 0 Å². The van der Waals surface area contributed by atoms with Crippen LogP contribution in [0.5, 0.6) is 0 Å². The molecule has 0 aliphatic rings. The lowest BCUT2D eigenvalue weighted by molar-refractivity contribution is 0.670. The maximum Gasteiger partial charge on any atom is 0.143 e. The Morgan fingerprint density at radius 1 is 0.500 bits per heavy atom. The molecule has 0 bridgehead atoms. The van der Waals surface area contributed by atoms with E-state index in [4.69, 9.17) is 4.42 Å². The fourth-order valence-corrected chi connectivity index (χ4v) is 5.68. The lowest BCUT2D eigenvalue weighted by atomic mass is 9.96. The summed E-state index contributed by atoms with van der Waals surface area (Å²) in [7, 11) is 0.